The first-order valence-electron chi connectivity index (χ1n) is 8.29. The minimum atomic E-state index is -3.70. The lowest BCUT2D eigenvalue weighted by Gasteiger charge is -2.19. The Kier molecular flexibility index (Phi) is 4.75. The van der Waals surface area contributed by atoms with Gasteiger partial charge in [-0.15, -0.1) is 0 Å². The molecule has 2 heterocycles. The molecule has 24 heavy (non-hydrogen) atoms. The van der Waals surface area contributed by atoms with Gasteiger partial charge in [-0.05, 0) is 37.5 Å². The molecule has 8 heteroatoms. The van der Waals surface area contributed by atoms with Crippen LogP contribution < -0.4 is 10.0 Å². The zero-order valence-corrected chi connectivity index (χ0v) is 14.8. The summed E-state index contributed by atoms with van der Waals surface area (Å²) in [6.45, 7) is 5.91. The third kappa shape index (κ3) is 3.38. The molecule has 2 N–H and O–H groups in total. The lowest BCUT2D eigenvalue weighted by molar-refractivity contribution is 0.429. The van der Waals surface area contributed by atoms with E-state index in [1.807, 2.05) is 19.2 Å². The van der Waals surface area contributed by atoms with Crippen molar-refractivity contribution in [3.63, 3.8) is 0 Å². The molecule has 1 atom stereocenters. The number of nitrogens with zero attached hydrogens (tertiary/aromatic N) is 3. The van der Waals surface area contributed by atoms with E-state index in [0.717, 1.165) is 30.6 Å². The van der Waals surface area contributed by atoms with E-state index in [4.69, 9.17) is 0 Å². The van der Waals surface area contributed by atoms with Gasteiger partial charge < -0.3 is 5.32 Å². The van der Waals surface area contributed by atoms with Crippen molar-refractivity contribution >= 4 is 27.9 Å². The first kappa shape index (κ1) is 16.8. The van der Waals surface area contributed by atoms with Gasteiger partial charge in [0, 0.05) is 30.9 Å². The molecule has 0 saturated heterocycles. The molecule has 130 valence electrons. The maximum Gasteiger partial charge on any atom is 0.264 e. The van der Waals surface area contributed by atoms with Gasteiger partial charge in [0.15, 0.2) is 0 Å². The number of anilines is 1. The van der Waals surface area contributed by atoms with E-state index in [1.165, 1.54) is 0 Å². The lowest BCUT2D eigenvalue weighted by atomic mass is 10.1. The Morgan fingerprint density at radius 3 is 3.00 bits per heavy atom. The molecule has 3 rings (SSSR count). The predicted octanol–water partition coefficient (Wildman–Crippen LogP) is 1.64. The maximum absolute atomic E-state index is 12.7. The SMILES string of the molecule is CCN=C(NS(=O)(=O)c1ccc2c(c1)NCC2)N1CC(CC)C=N1. The molecule has 0 bridgehead atoms. The number of nitrogens with one attached hydrogen (secondary N) is 2. The standard InChI is InChI=1S/C16H23N5O2S/c1-3-12-10-19-21(11-12)16(17-4-2)20-24(22,23)14-6-5-13-7-8-18-15(13)9-14/h5-6,9-10,12,18H,3-4,7-8,11H2,1-2H3,(H,17,20). The smallest absolute Gasteiger partial charge is 0.264 e. The van der Waals surface area contributed by atoms with Gasteiger partial charge in [-0.1, -0.05) is 13.0 Å². The number of hydrogen-bond donors (Lipinski definition) is 2. The van der Waals surface area contributed by atoms with E-state index >= 15 is 0 Å². The number of benzene rings is 1. The van der Waals surface area contributed by atoms with Crippen molar-refractivity contribution in [1.29, 1.82) is 0 Å². The normalized spacial score (nSPS) is 20.2. The summed E-state index contributed by atoms with van der Waals surface area (Å²) in [4.78, 5) is 4.51. The van der Waals surface area contributed by atoms with Crippen molar-refractivity contribution in [1.82, 2.24) is 9.73 Å². The minimum Gasteiger partial charge on any atom is -0.384 e. The molecule has 0 aromatic heterocycles. The van der Waals surface area contributed by atoms with Crippen LogP contribution in [0.1, 0.15) is 25.8 Å². The minimum absolute atomic E-state index is 0.231. The number of fused-ring (bicyclic) bond motifs is 1. The van der Waals surface area contributed by atoms with Crippen molar-refractivity contribution in [3.8, 4) is 0 Å². The summed E-state index contributed by atoms with van der Waals surface area (Å²) in [6, 6.07) is 5.18. The Morgan fingerprint density at radius 2 is 2.29 bits per heavy atom. The summed E-state index contributed by atoms with van der Waals surface area (Å²) in [5, 5.41) is 9.11. The highest BCUT2D eigenvalue weighted by Gasteiger charge is 2.25. The molecule has 0 radical (unpaired) electrons. The van der Waals surface area contributed by atoms with Crippen LogP contribution in [0.25, 0.3) is 0 Å². The molecule has 2 aliphatic heterocycles. The van der Waals surface area contributed by atoms with E-state index in [-0.39, 0.29) is 10.9 Å². The van der Waals surface area contributed by atoms with Gasteiger partial charge in [0.2, 0.25) is 5.96 Å². The lowest BCUT2D eigenvalue weighted by Crippen LogP contribution is -2.41. The zero-order valence-electron chi connectivity index (χ0n) is 14.0. The summed E-state index contributed by atoms with van der Waals surface area (Å²) in [5.41, 5.74) is 2.03. The van der Waals surface area contributed by atoms with Gasteiger partial charge in [0.1, 0.15) is 0 Å². The fourth-order valence-corrected chi connectivity index (χ4v) is 3.85. The van der Waals surface area contributed by atoms with E-state index in [2.05, 4.69) is 27.1 Å². The summed E-state index contributed by atoms with van der Waals surface area (Å²) in [6.07, 6.45) is 3.73. The number of rotatable bonds is 4. The fourth-order valence-electron chi connectivity index (χ4n) is 2.80. The topological polar surface area (TPSA) is 86.2 Å². The Labute approximate surface area is 142 Å². The Hall–Kier alpha value is -2.09. The van der Waals surface area contributed by atoms with Gasteiger partial charge in [-0.2, -0.15) is 5.10 Å². The summed E-state index contributed by atoms with van der Waals surface area (Å²) < 4.78 is 28.0. The molecular weight excluding hydrogens is 326 g/mol. The molecule has 0 aliphatic carbocycles. The van der Waals surface area contributed by atoms with Gasteiger partial charge in [-0.25, -0.2) is 18.1 Å². The average Bonchev–Trinajstić information content (AvgIpc) is 3.22. The number of aliphatic imine (C=N–C) groups is 1. The van der Waals surface area contributed by atoms with Crippen molar-refractivity contribution in [3.05, 3.63) is 23.8 Å². The monoisotopic (exact) mass is 349 g/mol. The van der Waals surface area contributed by atoms with Crippen LogP contribution in [0.2, 0.25) is 0 Å². The molecule has 7 nitrogen and oxygen atoms in total. The zero-order chi connectivity index (χ0) is 17.2. The number of hydrogen-bond acceptors (Lipinski definition) is 5. The summed E-state index contributed by atoms with van der Waals surface area (Å²) in [7, 11) is -3.70. The second-order valence-corrected chi connectivity index (χ2v) is 7.60. The van der Waals surface area contributed by atoms with Crippen molar-refractivity contribution in [2.45, 2.75) is 31.6 Å². The van der Waals surface area contributed by atoms with E-state index < -0.39 is 10.0 Å². The number of guanidine groups is 1. The van der Waals surface area contributed by atoms with Gasteiger partial charge in [0.05, 0.1) is 11.4 Å². The van der Waals surface area contributed by atoms with Crippen LogP contribution in [0.5, 0.6) is 0 Å². The molecule has 2 aliphatic rings. The van der Waals surface area contributed by atoms with Gasteiger partial charge in [-0.3, -0.25) is 4.99 Å². The van der Waals surface area contributed by atoms with Crippen LogP contribution in [0.15, 0.2) is 33.2 Å². The van der Waals surface area contributed by atoms with Crippen LogP contribution in [0, 0.1) is 5.92 Å². The Balaban J connectivity index is 1.81. The van der Waals surface area contributed by atoms with Crippen molar-refractivity contribution in [2.24, 2.45) is 16.0 Å². The second kappa shape index (κ2) is 6.80. The summed E-state index contributed by atoms with van der Waals surface area (Å²) in [5.74, 6) is 0.596. The Morgan fingerprint density at radius 1 is 1.46 bits per heavy atom. The molecule has 0 amide bonds. The fraction of sp³-hybridized carbons (Fsp3) is 0.500. The molecular formula is C16H23N5O2S. The van der Waals surface area contributed by atoms with Gasteiger partial charge in [0.25, 0.3) is 10.0 Å². The summed E-state index contributed by atoms with van der Waals surface area (Å²) >= 11 is 0. The van der Waals surface area contributed by atoms with Crippen LogP contribution in [-0.2, 0) is 16.4 Å². The molecule has 0 fully saturated rings. The quantitative estimate of drug-likeness (QED) is 0.639. The highest BCUT2D eigenvalue weighted by Crippen LogP contribution is 2.25. The molecule has 1 aromatic rings. The highest BCUT2D eigenvalue weighted by atomic mass is 32.2. The van der Waals surface area contributed by atoms with Gasteiger partial charge >= 0.3 is 0 Å². The first-order chi connectivity index (χ1) is 11.5. The average molecular weight is 349 g/mol. The molecule has 0 spiro atoms. The maximum atomic E-state index is 12.7. The van der Waals surface area contributed by atoms with E-state index in [1.54, 1.807) is 17.1 Å². The van der Waals surface area contributed by atoms with E-state index in [0.29, 0.717) is 19.0 Å². The van der Waals surface area contributed by atoms with Crippen LogP contribution in [-0.4, -0.2) is 45.2 Å². The van der Waals surface area contributed by atoms with Crippen LogP contribution in [0.3, 0.4) is 0 Å². The number of sulfonamides is 1. The predicted molar refractivity (Wildman–Crippen MR) is 95.9 cm³/mol. The first-order valence-corrected chi connectivity index (χ1v) is 9.77. The number of hydrazone groups is 1. The third-order valence-corrected chi connectivity index (χ3v) is 5.55. The largest absolute Gasteiger partial charge is 0.384 e. The highest BCUT2D eigenvalue weighted by molar-refractivity contribution is 7.90. The van der Waals surface area contributed by atoms with Crippen LogP contribution >= 0.6 is 0 Å². The van der Waals surface area contributed by atoms with E-state index in [9.17, 15) is 8.42 Å². The molecule has 1 aromatic carbocycles. The molecule has 0 saturated carbocycles. The molecule has 1 unspecified atom stereocenters. The Bertz CT molecular complexity index is 773. The third-order valence-electron chi connectivity index (χ3n) is 4.23. The van der Waals surface area contributed by atoms with Crippen molar-refractivity contribution in [2.75, 3.05) is 25.0 Å². The van der Waals surface area contributed by atoms with Crippen LogP contribution in [0.4, 0.5) is 5.69 Å². The second-order valence-electron chi connectivity index (χ2n) is 5.91. The van der Waals surface area contributed by atoms with Crippen molar-refractivity contribution < 1.29 is 8.42 Å².